The van der Waals surface area contributed by atoms with Crippen molar-refractivity contribution in [3.63, 3.8) is 0 Å². The van der Waals surface area contributed by atoms with Gasteiger partial charge in [0.2, 0.25) is 0 Å². The average molecular weight is 198 g/mol. The van der Waals surface area contributed by atoms with E-state index in [1.165, 1.54) is 32.4 Å². The van der Waals surface area contributed by atoms with Gasteiger partial charge in [0.1, 0.15) is 0 Å². The summed E-state index contributed by atoms with van der Waals surface area (Å²) in [7, 11) is 0. The lowest BCUT2D eigenvalue weighted by atomic mass is 10.0. The second-order valence-electron chi connectivity index (χ2n) is 4.35. The molecule has 1 unspecified atom stereocenters. The van der Waals surface area contributed by atoms with E-state index in [9.17, 15) is 0 Å². The minimum absolute atomic E-state index is 0.756. The third-order valence-corrected chi connectivity index (χ3v) is 3.53. The molecule has 0 spiro atoms. The monoisotopic (exact) mass is 198 g/mol. The number of nitrogens with zero attached hydrogens (tertiary/aromatic N) is 1. The number of rotatable bonds is 2. The molecule has 14 heavy (non-hydrogen) atoms. The van der Waals surface area contributed by atoms with Gasteiger partial charge >= 0.3 is 0 Å². The highest BCUT2D eigenvalue weighted by Crippen LogP contribution is 2.19. The van der Waals surface area contributed by atoms with Crippen LogP contribution in [0.3, 0.4) is 0 Å². The minimum Gasteiger partial charge on any atom is -0.381 e. The molecule has 0 aromatic rings. The number of hydrogen-bond donors (Lipinski definition) is 1. The van der Waals surface area contributed by atoms with Crippen molar-refractivity contribution in [2.75, 3.05) is 32.8 Å². The van der Waals surface area contributed by atoms with E-state index in [0.717, 1.165) is 31.8 Å². The van der Waals surface area contributed by atoms with Crippen LogP contribution in [0.2, 0.25) is 0 Å². The van der Waals surface area contributed by atoms with Crippen molar-refractivity contribution in [2.24, 2.45) is 0 Å². The lowest BCUT2D eigenvalue weighted by molar-refractivity contribution is 0.00830. The first-order valence-corrected chi connectivity index (χ1v) is 5.96. The molecule has 2 saturated heterocycles. The van der Waals surface area contributed by atoms with Gasteiger partial charge in [-0.3, -0.25) is 4.90 Å². The highest BCUT2D eigenvalue weighted by molar-refractivity contribution is 4.85. The van der Waals surface area contributed by atoms with Crippen molar-refractivity contribution < 1.29 is 4.74 Å². The normalized spacial score (nSPS) is 31.9. The Labute approximate surface area is 86.8 Å². The Morgan fingerprint density at radius 3 is 2.86 bits per heavy atom. The topological polar surface area (TPSA) is 24.5 Å². The smallest absolute Gasteiger partial charge is 0.0480 e. The summed E-state index contributed by atoms with van der Waals surface area (Å²) in [6.45, 7) is 7.78. The molecule has 3 heteroatoms. The van der Waals surface area contributed by atoms with Gasteiger partial charge < -0.3 is 10.1 Å². The molecule has 0 amide bonds. The Hall–Kier alpha value is -0.120. The largest absolute Gasteiger partial charge is 0.381 e. The Bertz CT molecular complexity index is 169. The Morgan fingerprint density at radius 2 is 2.14 bits per heavy atom. The van der Waals surface area contributed by atoms with Gasteiger partial charge in [-0.1, -0.05) is 6.92 Å². The Morgan fingerprint density at radius 1 is 1.36 bits per heavy atom. The Balaban J connectivity index is 1.91. The van der Waals surface area contributed by atoms with Crippen molar-refractivity contribution in [1.82, 2.24) is 10.2 Å². The SMILES string of the molecule is CCC1CNCCN1C1CCOCC1. The second kappa shape index (κ2) is 5.10. The first kappa shape index (κ1) is 10.4. The number of ether oxygens (including phenoxy) is 1. The zero-order valence-electron chi connectivity index (χ0n) is 9.17. The third-order valence-electron chi connectivity index (χ3n) is 3.53. The molecule has 1 atom stereocenters. The predicted octanol–water partition coefficient (Wildman–Crippen LogP) is 0.849. The summed E-state index contributed by atoms with van der Waals surface area (Å²) in [5, 5.41) is 3.48. The van der Waals surface area contributed by atoms with E-state index in [0.29, 0.717) is 0 Å². The fourth-order valence-corrected chi connectivity index (χ4v) is 2.65. The van der Waals surface area contributed by atoms with Crippen LogP contribution in [0, 0.1) is 0 Å². The van der Waals surface area contributed by atoms with E-state index < -0.39 is 0 Å². The van der Waals surface area contributed by atoms with Gasteiger partial charge in [-0.25, -0.2) is 0 Å². The van der Waals surface area contributed by atoms with E-state index in [1.807, 2.05) is 0 Å². The summed E-state index contributed by atoms with van der Waals surface area (Å²) < 4.78 is 5.42. The highest BCUT2D eigenvalue weighted by atomic mass is 16.5. The van der Waals surface area contributed by atoms with E-state index in [4.69, 9.17) is 4.74 Å². The van der Waals surface area contributed by atoms with Crippen LogP contribution in [-0.4, -0.2) is 49.8 Å². The predicted molar refractivity (Wildman–Crippen MR) is 57.5 cm³/mol. The molecule has 1 N–H and O–H groups in total. The summed E-state index contributed by atoms with van der Waals surface area (Å²) in [5.74, 6) is 0. The number of nitrogens with one attached hydrogen (secondary N) is 1. The van der Waals surface area contributed by atoms with Crippen LogP contribution < -0.4 is 5.32 Å². The van der Waals surface area contributed by atoms with Gasteiger partial charge in [-0.15, -0.1) is 0 Å². The second-order valence-corrected chi connectivity index (χ2v) is 4.35. The van der Waals surface area contributed by atoms with Crippen LogP contribution >= 0.6 is 0 Å². The van der Waals surface area contributed by atoms with E-state index >= 15 is 0 Å². The fourth-order valence-electron chi connectivity index (χ4n) is 2.65. The van der Waals surface area contributed by atoms with Crippen molar-refractivity contribution in [1.29, 1.82) is 0 Å². The molecule has 0 aromatic carbocycles. The lowest BCUT2D eigenvalue weighted by Crippen LogP contribution is -2.56. The molecule has 2 aliphatic heterocycles. The van der Waals surface area contributed by atoms with Gasteiger partial charge in [0.25, 0.3) is 0 Å². The number of hydrogen-bond acceptors (Lipinski definition) is 3. The molecule has 2 rings (SSSR count). The van der Waals surface area contributed by atoms with Gasteiger partial charge in [0.05, 0.1) is 0 Å². The summed E-state index contributed by atoms with van der Waals surface area (Å²) in [5.41, 5.74) is 0. The molecular formula is C11H22N2O. The maximum absolute atomic E-state index is 5.42. The van der Waals surface area contributed by atoms with Crippen LogP contribution in [0.4, 0.5) is 0 Å². The standard InChI is InChI=1S/C11H22N2O/c1-2-10-9-12-5-6-13(10)11-3-7-14-8-4-11/h10-12H,2-9H2,1H3. The maximum Gasteiger partial charge on any atom is 0.0480 e. The van der Waals surface area contributed by atoms with Crippen LogP contribution in [0.5, 0.6) is 0 Å². The van der Waals surface area contributed by atoms with Crippen molar-refractivity contribution in [3.8, 4) is 0 Å². The summed E-state index contributed by atoms with van der Waals surface area (Å²) in [4.78, 5) is 2.71. The van der Waals surface area contributed by atoms with E-state index in [2.05, 4.69) is 17.1 Å². The van der Waals surface area contributed by atoms with Gasteiger partial charge in [-0.05, 0) is 19.3 Å². The molecular weight excluding hydrogens is 176 g/mol. The molecule has 0 saturated carbocycles. The number of piperazine rings is 1. The molecule has 0 radical (unpaired) electrons. The maximum atomic E-state index is 5.42. The molecule has 0 aromatic heterocycles. The van der Waals surface area contributed by atoms with Crippen molar-refractivity contribution in [2.45, 2.75) is 38.3 Å². The molecule has 82 valence electrons. The Kier molecular flexibility index (Phi) is 3.79. The molecule has 3 nitrogen and oxygen atoms in total. The molecule has 2 heterocycles. The van der Waals surface area contributed by atoms with Crippen molar-refractivity contribution >= 4 is 0 Å². The lowest BCUT2D eigenvalue weighted by Gasteiger charge is -2.42. The molecule has 0 bridgehead atoms. The third kappa shape index (κ3) is 2.27. The molecule has 2 aliphatic rings. The highest BCUT2D eigenvalue weighted by Gasteiger charge is 2.28. The van der Waals surface area contributed by atoms with E-state index in [-0.39, 0.29) is 0 Å². The van der Waals surface area contributed by atoms with Gasteiger partial charge in [0, 0.05) is 44.9 Å². The summed E-state index contributed by atoms with van der Waals surface area (Å²) in [6.07, 6.45) is 3.73. The molecule has 2 fully saturated rings. The van der Waals surface area contributed by atoms with Crippen molar-refractivity contribution in [3.05, 3.63) is 0 Å². The quantitative estimate of drug-likeness (QED) is 0.712. The zero-order chi connectivity index (χ0) is 9.80. The van der Waals surface area contributed by atoms with Gasteiger partial charge in [0.15, 0.2) is 0 Å². The molecule has 0 aliphatic carbocycles. The summed E-state index contributed by atoms with van der Waals surface area (Å²) >= 11 is 0. The minimum atomic E-state index is 0.756. The van der Waals surface area contributed by atoms with Crippen LogP contribution in [-0.2, 0) is 4.74 Å². The first-order chi connectivity index (χ1) is 6.92. The first-order valence-electron chi connectivity index (χ1n) is 5.96. The zero-order valence-corrected chi connectivity index (χ0v) is 9.17. The fraction of sp³-hybridized carbons (Fsp3) is 1.00. The van der Waals surface area contributed by atoms with Crippen LogP contribution in [0.15, 0.2) is 0 Å². The van der Waals surface area contributed by atoms with Crippen LogP contribution in [0.1, 0.15) is 26.2 Å². The summed E-state index contributed by atoms with van der Waals surface area (Å²) in [6, 6.07) is 1.54. The van der Waals surface area contributed by atoms with Crippen LogP contribution in [0.25, 0.3) is 0 Å². The van der Waals surface area contributed by atoms with E-state index in [1.54, 1.807) is 0 Å². The average Bonchev–Trinajstić information content (AvgIpc) is 2.30. The van der Waals surface area contributed by atoms with Gasteiger partial charge in [-0.2, -0.15) is 0 Å².